The van der Waals surface area contributed by atoms with Crippen LogP contribution in [0.5, 0.6) is 0 Å². The van der Waals surface area contributed by atoms with Crippen molar-refractivity contribution in [3.05, 3.63) is 45.9 Å². The van der Waals surface area contributed by atoms with Gasteiger partial charge in [-0.3, -0.25) is 0 Å². The van der Waals surface area contributed by atoms with Gasteiger partial charge in [0, 0.05) is 23.5 Å². The first-order chi connectivity index (χ1) is 8.29. The second kappa shape index (κ2) is 5.46. The number of benzene rings is 1. The van der Waals surface area contributed by atoms with Crippen molar-refractivity contribution < 1.29 is 0 Å². The molecule has 0 fully saturated rings. The van der Waals surface area contributed by atoms with Gasteiger partial charge in [-0.1, -0.05) is 6.07 Å². The molecule has 0 radical (unpaired) electrons. The normalized spacial score (nSPS) is 9.88. The second-order valence-electron chi connectivity index (χ2n) is 3.73. The molecule has 0 saturated heterocycles. The van der Waals surface area contributed by atoms with E-state index in [1.807, 2.05) is 30.6 Å². The Kier molecular flexibility index (Phi) is 3.73. The number of nitrogens with one attached hydrogen (secondary N) is 1. The summed E-state index contributed by atoms with van der Waals surface area (Å²) in [5, 5.41) is 12.1. The Morgan fingerprint density at radius 2 is 2.35 bits per heavy atom. The fourth-order valence-electron chi connectivity index (χ4n) is 1.59. The van der Waals surface area contributed by atoms with Crippen molar-refractivity contribution in [1.29, 1.82) is 5.26 Å². The third-order valence-electron chi connectivity index (χ3n) is 2.52. The van der Waals surface area contributed by atoms with Crippen molar-refractivity contribution in [1.82, 2.24) is 4.98 Å². The first-order valence-corrected chi connectivity index (χ1v) is 6.30. The zero-order valence-electron chi connectivity index (χ0n) is 9.60. The van der Waals surface area contributed by atoms with E-state index in [-0.39, 0.29) is 0 Å². The predicted molar refractivity (Wildman–Crippen MR) is 70.2 cm³/mol. The molecule has 86 valence electrons. The number of thiazole rings is 1. The molecule has 0 amide bonds. The van der Waals surface area contributed by atoms with E-state index >= 15 is 0 Å². The molecule has 2 aromatic rings. The molecule has 0 bridgehead atoms. The van der Waals surface area contributed by atoms with Crippen molar-refractivity contribution >= 4 is 17.0 Å². The van der Waals surface area contributed by atoms with Crippen molar-refractivity contribution in [2.45, 2.75) is 13.3 Å². The van der Waals surface area contributed by atoms with Crippen LogP contribution in [-0.4, -0.2) is 11.5 Å². The number of aromatic nitrogens is 1. The summed E-state index contributed by atoms with van der Waals surface area (Å²) in [6.45, 7) is 2.89. The Morgan fingerprint density at radius 3 is 3.06 bits per heavy atom. The molecule has 1 aromatic carbocycles. The lowest BCUT2D eigenvalue weighted by molar-refractivity contribution is 1.02. The van der Waals surface area contributed by atoms with Gasteiger partial charge in [-0.2, -0.15) is 5.26 Å². The summed E-state index contributed by atoms with van der Waals surface area (Å²) < 4.78 is 0. The summed E-state index contributed by atoms with van der Waals surface area (Å²) in [5.41, 5.74) is 4.67. The molecule has 0 aliphatic rings. The van der Waals surface area contributed by atoms with Gasteiger partial charge in [0.05, 0.1) is 22.8 Å². The maximum Gasteiger partial charge on any atom is 0.0992 e. The zero-order chi connectivity index (χ0) is 12.1. The number of hydrogen-bond acceptors (Lipinski definition) is 4. The van der Waals surface area contributed by atoms with E-state index in [0.717, 1.165) is 24.3 Å². The Hall–Kier alpha value is -1.86. The molecule has 2 rings (SSSR count). The highest BCUT2D eigenvalue weighted by Gasteiger charge is 2.00. The highest BCUT2D eigenvalue weighted by Crippen LogP contribution is 2.14. The minimum Gasteiger partial charge on any atom is -0.385 e. The molecule has 0 aliphatic carbocycles. The van der Waals surface area contributed by atoms with Gasteiger partial charge in [0.15, 0.2) is 0 Å². The van der Waals surface area contributed by atoms with E-state index in [0.29, 0.717) is 5.56 Å². The third kappa shape index (κ3) is 3.05. The van der Waals surface area contributed by atoms with Gasteiger partial charge in [-0.15, -0.1) is 11.3 Å². The van der Waals surface area contributed by atoms with E-state index in [4.69, 9.17) is 5.26 Å². The number of nitriles is 1. The van der Waals surface area contributed by atoms with Gasteiger partial charge in [0.25, 0.3) is 0 Å². The quantitative estimate of drug-likeness (QED) is 0.898. The topological polar surface area (TPSA) is 48.7 Å². The molecule has 1 aromatic heterocycles. The highest BCUT2D eigenvalue weighted by atomic mass is 32.1. The number of nitrogens with zero attached hydrogens (tertiary/aromatic N) is 2. The summed E-state index contributed by atoms with van der Waals surface area (Å²) in [6.07, 6.45) is 0.966. The molecule has 4 heteroatoms. The van der Waals surface area contributed by atoms with Crippen molar-refractivity contribution in [2.75, 3.05) is 11.9 Å². The summed E-state index contributed by atoms with van der Waals surface area (Å²) in [7, 11) is 0. The molecule has 0 saturated carbocycles. The lowest BCUT2D eigenvalue weighted by Gasteiger charge is -2.05. The second-order valence-corrected chi connectivity index (χ2v) is 4.67. The lowest BCUT2D eigenvalue weighted by Crippen LogP contribution is -2.04. The molecule has 3 nitrogen and oxygen atoms in total. The predicted octanol–water partition coefficient (Wildman–Crippen LogP) is 2.98. The van der Waals surface area contributed by atoms with Gasteiger partial charge in [0.1, 0.15) is 0 Å². The van der Waals surface area contributed by atoms with Crippen LogP contribution in [0.1, 0.15) is 16.1 Å². The van der Waals surface area contributed by atoms with Crippen LogP contribution in [0.4, 0.5) is 5.69 Å². The number of hydrogen-bond donors (Lipinski definition) is 1. The molecule has 1 N–H and O–H groups in total. The smallest absolute Gasteiger partial charge is 0.0992 e. The molecule has 0 aliphatic heterocycles. The van der Waals surface area contributed by atoms with Crippen LogP contribution in [0.25, 0.3) is 0 Å². The fraction of sp³-hybridized carbons (Fsp3) is 0.231. The van der Waals surface area contributed by atoms with Crippen LogP contribution >= 0.6 is 11.3 Å². The van der Waals surface area contributed by atoms with Crippen LogP contribution in [0.2, 0.25) is 0 Å². The molecule has 0 atom stereocenters. The minimum absolute atomic E-state index is 0.684. The first kappa shape index (κ1) is 11.6. The maximum atomic E-state index is 8.79. The molecule has 17 heavy (non-hydrogen) atoms. The Labute approximate surface area is 105 Å². The molecular formula is C13H13N3S. The van der Waals surface area contributed by atoms with Gasteiger partial charge in [-0.25, -0.2) is 4.98 Å². The van der Waals surface area contributed by atoms with Gasteiger partial charge >= 0.3 is 0 Å². The van der Waals surface area contributed by atoms with E-state index in [2.05, 4.69) is 16.4 Å². The summed E-state index contributed by atoms with van der Waals surface area (Å²) in [6, 6.07) is 9.66. The SMILES string of the molecule is Cc1ncsc1CCNc1cccc(C#N)c1. The third-order valence-corrected chi connectivity index (χ3v) is 3.51. The van der Waals surface area contributed by atoms with Crippen LogP contribution in [-0.2, 0) is 6.42 Å². The van der Waals surface area contributed by atoms with Crippen LogP contribution in [0.15, 0.2) is 29.8 Å². The maximum absolute atomic E-state index is 8.79. The Balaban J connectivity index is 1.90. The van der Waals surface area contributed by atoms with Crippen molar-refractivity contribution in [3.63, 3.8) is 0 Å². The average molecular weight is 243 g/mol. The van der Waals surface area contributed by atoms with Gasteiger partial charge in [-0.05, 0) is 25.1 Å². The van der Waals surface area contributed by atoms with Crippen molar-refractivity contribution in [2.24, 2.45) is 0 Å². The summed E-state index contributed by atoms with van der Waals surface area (Å²) >= 11 is 1.69. The summed E-state index contributed by atoms with van der Waals surface area (Å²) in [5.74, 6) is 0. The highest BCUT2D eigenvalue weighted by molar-refractivity contribution is 7.09. The average Bonchev–Trinajstić information content (AvgIpc) is 2.76. The lowest BCUT2D eigenvalue weighted by atomic mass is 10.2. The van der Waals surface area contributed by atoms with E-state index in [1.165, 1.54) is 4.88 Å². The Morgan fingerprint density at radius 1 is 1.47 bits per heavy atom. The van der Waals surface area contributed by atoms with Gasteiger partial charge < -0.3 is 5.32 Å². The van der Waals surface area contributed by atoms with Crippen LogP contribution in [0.3, 0.4) is 0 Å². The zero-order valence-corrected chi connectivity index (χ0v) is 10.4. The van der Waals surface area contributed by atoms with Gasteiger partial charge in [0.2, 0.25) is 0 Å². The van der Waals surface area contributed by atoms with E-state index in [1.54, 1.807) is 17.4 Å². The monoisotopic (exact) mass is 243 g/mol. The van der Waals surface area contributed by atoms with Crippen LogP contribution < -0.4 is 5.32 Å². The summed E-state index contributed by atoms with van der Waals surface area (Å²) in [4.78, 5) is 5.53. The molecule has 1 heterocycles. The standard InChI is InChI=1S/C13H13N3S/c1-10-13(17-9-16-10)5-6-15-12-4-2-3-11(7-12)8-14/h2-4,7,9,15H,5-6H2,1H3. The number of aryl methyl sites for hydroxylation is 1. The first-order valence-electron chi connectivity index (χ1n) is 5.42. The largest absolute Gasteiger partial charge is 0.385 e. The Bertz CT molecular complexity index is 540. The fourth-order valence-corrected chi connectivity index (χ4v) is 2.37. The van der Waals surface area contributed by atoms with E-state index < -0.39 is 0 Å². The van der Waals surface area contributed by atoms with Crippen LogP contribution in [0, 0.1) is 18.3 Å². The van der Waals surface area contributed by atoms with E-state index in [9.17, 15) is 0 Å². The number of anilines is 1. The van der Waals surface area contributed by atoms with Crippen molar-refractivity contribution in [3.8, 4) is 6.07 Å². The minimum atomic E-state index is 0.684. The molecule has 0 spiro atoms. The molecular weight excluding hydrogens is 230 g/mol. The number of rotatable bonds is 4. The molecule has 0 unspecified atom stereocenters.